The third-order valence-electron chi connectivity index (χ3n) is 8.35. The number of aromatic hydroxyl groups is 1. The normalized spacial score (nSPS) is 26.4. The lowest BCUT2D eigenvalue weighted by atomic mass is 9.57. The number of hydrogen-bond acceptors (Lipinski definition) is 10. The number of hydrogen-bond donors (Lipinski definition) is 4. The molecule has 4 N–H and O–H groups in total. The molecule has 1 saturated carbocycles. The quantitative estimate of drug-likeness (QED) is 0.361. The Bertz CT molecular complexity index is 1320. The average Bonchev–Trinajstić information content (AvgIpc) is 2.85. The maximum atomic E-state index is 14.0. The molecule has 0 aliphatic heterocycles. The van der Waals surface area contributed by atoms with Gasteiger partial charge >= 0.3 is 0 Å². The summed E-state index contributed by atoms with van der Waals surface area (Å²) in [5.74, 6) is -5.91. The summed E-state index contributed by atoms with van der Waals surface area (Å²) in [6.45, 7) is 1.71. The van der Waals surface area contributed by atoms with Gasteiger partial charge in [-0.15, -0.1) is 0 Å². The lowest BCUT2D eigenvalue weighted by Crippen LogP contribution is -2.65. The fourth-order valence-electron chi connectivity index (χ4n) is 6.43. The molecule has 0 aromatic heterocycles. The van der Waals surface area contributed by atoms with Crippen LogP contribution in [0.1, 0.15) is 50.2 Å². The van der Waals surface area contributed by atoms with Crippen molar-refractivity contribution in [2.75, 3.05) is 33.1 Å². The third kappa shape index (κ3) is 4.35. The first-order valence-electron chi connectivity index (χ1n) is 13.2. The number of rotatable bonds is 8. The molecule has 0 amide bonds. The first-order valence-corrected chi connectivity index (χ1v) is 13.2. The highest BCUT2D eigenvalue weighted by molar-refractivity contribution is 6.25. The molecule has 1 aromatic carbocycles. The van der Waals surface area contributed by atoms with Gasteiger partial charge < -0.3 is 25.3 Å². The minimum atomic E-state index is -2.63. The van der Waals surface area contributed by atoms with E-state index in [1.165, 1.54) is 11.0 Å². The SMILES string of the molecule is CCC(=O)CCCC(=O)C1=C(O)C2(O)C(=O)C3=C(O)c4c(O)ccc(N(C)C)c4CC3CC2C(N(C)C)C1=O. The van der Waals surface area contributed by atoms with Gasteiger partial charge in [-0.1, -0.05) is 6.92 Å². The minimum Gasteiger partial charge on any atom is -0.508 e. The van der Waals surface area contributed by atoms with E-state index in [-0.39, 0.29) is 54.8 Å². The number of benzene rings is 1. The molecule has 3 aliphatic carbocycles. The molecule has 0 spiro atoms. The molecule has 1 fully saturated rings. The van der Waals surface area contributed by atoms with Crippen molar-refractivity contribution < 1.29 is 39.6 Å². The second-order valence-electron chi connectivity index (χ2n) is 11.1. The van der Waals surface area contributed by atoms with Crippen molar-refractivity contribution in [1.82, 2.24) is 4.90 Å². The van der Waals surface area contributed by atoms with E-state index < -0.39 is 57.9 Å². The summed E-state index contributed by atoms with van der Waals surface area (Å²) < 4.78 is 0. The van der Waals surface area contributed by atoms with E-state index in [4.69, 9.17) is 0 Å². The van der Waals surface area contributed by atoms with Gasteiger partial charge in [0, 0.05) is 50.5 Å². The standard InChI is InChI=1S/C29H36N2O8/c1-6-15(32)8-7-9-19(33)23-26(36)24(31(4)5)17-13-14-12-16-18(30(2)3)10-11-20(34)22(16)25(35)21(14)27(37)29(17,39)28(23)38/h10-11,14,17,24,34-35,38-39H,6-9,12-13H2,1-5H3. The zero-order valence-electron chi connectivity index (χ0n) is 22.9. The van der Waals surface area contributed by atoms with Gasteiger partial charge in [0.2, 0.25) is 5.78 Å². The molecule has 3 aliphatic rings. The highest BCUT2D eigenvalue weighted by atomic mass is 16.3. The predicted molar refractivity (Wildman–Crippen MR) is 144 cm³/mol. The first kappa shape index (κ1) is 28.5. The number of carbonyl (C=O) groups excluding carboxylic acids is 4. The lowest BCUT2D eigenvalue weighted by Gasteiger charge is -2.50. The monoisotopic (exact) mass is 540 g/mol. The highest BCUT2D eigenvalue weighted by Crippen LogP contribution is 2.53. The Morgan fingerprint density at radius 2 is 1.72 bits per heavy atom. The van der Waals surface area contributed by atoms with Crippen LogP contribution in [0.15, 0.2) is 29.0 Å². The first-order chi connectivity index (χ1) is 18.3. The van der Waals surface area contributed by atoms with Gasteiger partial charge in [0.15, 0.2) is 17.2 Å². The topological polar surface area (TPSA) is 156 Å². The van der Waals surface area contributed by atoms with E-state index in [9.17, 15) is 39.6 Å². The molecule has 4 atom stereocenters. The number of aliphatic hydroxyl groups excluding tert-OH is 2. The van der Waals surface area contributed by atoms with Crippen LogP contribution in [-0.4, -0.2) is 88.3 Å². The van der Waals surface area contributed by atoms with Crippen LogP contribution in [0.25, 0.3) is 5.76 Å². The number of likely N-dealkylation sites (N-methyl/N-ethyl adjacent to an activating group) is 1. The summed E-state index contributed by atoms with van der Waals surface area (Å²) in [7, 11) is 6.82. The van der Waals surface area contributed by atoms with Crippen molar-refractivity contribution in [1.29, 1.82) is 0 Å². The van der Waals surface area contributed by atoms with Gasteiger partial charge in [0.05, 0.1) is 11.6 Å². The largest absolute Gasteiger partial charge is 0.508 e. The highest BCUT2D eigenvalue weighted by Gasteiger charge is 2.64. The number of fused-ring (bicyclic) bond motifs is 3. The summed E-state index contributed by atoms with van der Waals surface area (Å²) in [4.78, 5) is 55.8. The van der Waals surface area contributed by atoms with E-state index >= 15 is 0 Å². The summed E-state index contributed by atoms with van der Waals surface area (Å²) in [5.41, 5.74) is -1.96. The van der Waals surface area contributed by atoms with Crippen LogP contribution in [0.5, 0.6) is 5.75 Å². The molecule has 4 unspecified atom stereocenters. The minimum absolute atomic E-state index is 0.0463. The molecule has 10 heteroatoms. The number of phenols is 1. The molecule has 0 radical (unpaired) electrons. The van der Waals surface area contributed by atoms with Crippen LogP contribution in [0.3, 0.4) is 0 Å². The van der Waals surface area contributed by atoms with Gasteiger partial charge in [-0.3, -0.25) is 24.1 Å². The predicted octanol–water partition coefficient (Wildman–Crippen LogP) is 2.26. The van der Waals surface area contributed by atoms with Crippen LogP contribution >= 0.6 is 0 Å². The smallest absolute Gasteiger partial charge is 0.202 e. The van der Waals surface area contributed by atoms with Gasteiger partial charge in [-0.05, 0) is 57.0 Å². The number of Topliss-reactive ketones (excluding diaryl/α,β-unsaturated/α-hetero) is 4. The Labute approximate surface area is 227 Å². The van der Waals surface area contributed by atoms with Gasteiger partial charge in [0.25, 0.3) is 0 Å². The van der Waals surface area contributed by atoms with Gasteiger partial charge in [-0.25, -0.2) is 0 Å². The van der Waals surface area contributed by atoms with Crippen molar-refractivity contribution in [3.63, 3.8) is 0 Å². The summed E-state index contributed by atoms with van der Waals surface area (Å²) in [5, 5.41) is 45.0. The average molecular weight is 541 g/mol. The van der Waals surface area contributed by atoms with Crippen LogP contribution in [0, 0.1) is 11.8 Å². The van der Waals surface area contributed by atoms with Crippen LogP contribution in [0.4, 0.5) is 5.69 Å². The molecule has 0 saturated heterocycles. The Morgan fingerprint density at radius 1 is 1.05 bits per heavy atom. The molecule has 39 heavy (non-hydrogen) atoms. The summed E-state index contributed by atoms with van der Waals surface area (Å²) in [6.07, 6.45) is 0.717. The Balaban J connectivity index is 1.86. The number of anilines is 1. The zero-order valence-corrected chi connectivity index (χ0v) is 22.9. The molecule has 4 rings (SSSR count). The van der Waals surface area contributed by atoms with E-state index in [1.54, 1.807) is 27.1 Å². The molecule has 1 aromatic rings. The number of ketones is 4. The van der Waals surface area contributed by atoms with Crippen molar-refractivity contribution in [3.8, 4) is 5.75 Å². The van der Waals surface area contributed by atoms with Gasteiger partial charge in [-0.2, -0.15) is 0 Å². The van der Waals surface area contributed by atoms with E-state index in [0.717, 1.165) is 5.69 Å². The molecular weight excluding hydrogens is 504 g/mol. The zero-order chi connectivity index (χ0) is 29.0. The van der Waals surface area contributed by atoms with Crippen molar-refractivity contribution in [2.45, 2.75) is 57.1 Å². The Kier molecular flexibility index (Phi) is 7.48. The molecule has 0 bridgehead atoms. The molecule has 0 heterocycles. The van der Waals surface area contributed by atoms with E-state index in [1.807, 2.05) is 19.0 Å². The third-order valence-corrected chi connectivity index (χ3v) is 8.35. The maximum absolute atomic E-state index is 14.0. The number of carbonyl (C=O) groups is 4. The van der Waals surface area contributed by atoms with E-state index in [0.29, 0.717) is 12.0 Å². The van der Waals surface area contributed by atoms with Crippen LogP contribution < -0.4 is 4.90 Å². The van der Waals surface area contributed by atoms with Crippen molar-refractivity contribution in [3.05, 3.63) is 40.2 Å². The second kappa shape index (κ2) is 10.2. The number of aliphatic hydroxyl groups is 3. The van der Waals surface area contributed by atoms with Crippen molar-refractivity contribution >= 4 is 34.6 Å². The maximum Gasteiger partial charge on any atom is 0.202 e. The lowest BCUT2D eigenvalue weighted by molar-refractivity contribution is -0.153. The Hall–Kier alpha value is -3.50. The molecule has 10 nitrogen and oxygen atoms in total. The number of nitrogens with zero attached hydrogens (tertiary/aromatic N) is 2. The van der Waals surface area contributed by atoms with Gasteiger partial charge in [0.1, 0.15) is 28.6 Å². The molecular formula is C29H36N2O8. The summed E-state index contributed by atoms with van der Waals surface area (Å²) >= 11 is 0. The second-order valence-corrected chi connectivity index (χ2v) is 11.1. The fourth-order valence-corrected chi connectivity index (χ4v) is 6.43. The molecule has 210 valence electrons. The Morgan fingerprint density at radius 3 is 2.31 bits per heavy atom. The summed E-state index contributed by atoms with van der Waals surface area (Å²) in [6, 6.07) is 2.03. The number of phenolic OH excluding ortho intramolecular Hbond substituents is 1. The van der Waals surface area contributed by atoms with Crippen LogP contribution in [0.2, 0.25) is 0 Å². The van der Waals surface area contributed by atoms with E-state index in [2.05, 4.69) is 0 Å². The van der Waals surface area contributed by atoms with Crippen molar-refractivity contribution in [2.24, 2.45) is 11.8 Å². The fraction of sp³-hybridized carbons (Fsp3) is 0.517. The van der Waals surface area contributed by atoms with Crippen LogP contribution in [-0.2, 0) is 25.6 Å².